The number of rotatable bonds is 7. The molecular weight excluding hydrogens is 317 g/mol. The van der Waals surface area contributed by atoms with E-state index in [0.717, 1.165) is 5.56 Å². The maximum absolute atomic E-state index is 13.7. The van der Waals surface area contributed by atoms with Gasteiger partial charge in [0, 0.05) is 18.2 Å². The summed E-state index contributed by atoms with van der Waals surface area (Å²) in [7, 11) is 1.56. The Morgan fingerprint density at radius 3 is 2.61 bits per heavy atom. The van der Waals surface area contributed by atoms with Crippen molar-refractivity contribution in [2.45, 2.75) is 33.0 Å². The van der Waals surface area contributed by atoms with Crippen molar-refractivity contribution >= 4 is 11.6 Å². The van der Waals surface area contributed by atoms with Gasteiger partial charge in [-0.2, -0.15) is 0 Å². The van der Waals surface area contributed by atoms with Crippen LogP contribution in [0.15, 0.2) is 36.4 Å². The van der Waals surface area contributed by atoms with Crippen LogP contribution in [0.1, 0.15) is 25.0 Å². The van der Waals surface area contributed by atoms with Crippen LogP contribution >= 0.6 is 11.6 Å². The molecule has 0 heterocycles. The molecule has 0 radical (unpaired) electrons. The Morgan fingerprint density at radius 1 is 1.22 bits per heavy atom. The van der Waals surface area contributed by atoms with Crippen molar-refractivity contribution in [2.75, 3.05) is 7.11 Å². The number of hydrogen-bond acceptors (Lipinski definition) is 3. The van der Waals surface area contributed by atoms with Gasteiger partial charge in [0.25, 0.3) is 0 Å². The molecule has 2 aromatic rings. The van der Waals surface area contributed by atoms with Gasteiger partial charge in [-0.25, -0.2) is 4.39 Å². The van der Waals surface area contributed by atoms with Gasteiger partial charge in [-0.3, -0.25) is 0 Å². The number of ether oxygens (including phenoxy) is 2. The van der Waals surface area contributed by atoms with Crippen molar-refractivity contribution in [2.24, 2.45) is 0 Å². The monoisotopic (exact) mass is 337 g/mol. The molecule has 0 amide bonds. The zero-order valence-electron chi connectivity index (χ0n) is 13.5. The van der Waals surface area contributed by atoms with Crippen LogP contribution in [-0.4, -0.2) is 13.2 Å². The summed E-state index contributed by atoms with van der Waals surface area (Å²) in [6.45, 7) is 4.92. The number of hydrogen-bond donors (Lipinski definition) is 1. The summed E-state index contributed by atoms with van der Waals surface area (Å²) in [4.78, 5) is 0. The molecule has 5 heteroatoms. The Bertz CT molecular complexity index is 661. The molecule has 2 rings (SSSR count). The van der Waals surface area contributed by atoms with Crippen molar-refractivity contribution < 1.29 is 13.9 Å². The van der Waals surface area contributed by atoms with E-state index in [4.69, 9.17) is 21.1 Å². The molecule has 3 nitrogen and oxygen atoms in total. The van der Waals surface area contributed by atoms with E-state index in [1.807, 2.05) is 12.1 Å². The quantitative estimate of drug-likeness (QED) is 0.803. The Morgan fingerprint density at radius 2 is 1.96 bits per heavy atom. The third-order valence-corrected chi connectivity index (χ3v) is 3.61. The lowest BCUT2D eigenvalue weighted by atomic mass is 10.2. The average Bonchev–Trinajstić information content (AvgIpc) is 2.52. The van der Waals surface area contributed by atoms with Crippen molar-refractivity contribution in [1.29, 1.82) is 0 Å². The highest BCUT2D eigenvalue weighted by atomic mass is 35.5. The smallest absolute Gasteiger partial charge is 0.180 e. The zero-order valence-corrected chi connectivity index (χ0v) is 14.3. The Labute approximate surface area is 141 Å². The predicted molar refractivity (Wildman–Crippen MR) is 90.7 cm³/mol. The Balaban J connectivity index is 2.16. The maximum atomic E-state index is 13.7. The molecule has 2 aromatic carbocycles. The van der Waals surface area contributed by atoms with E-state index in [2.05, 4.69) is 19.2 Å². The standard InChI is InChI=1S/C18H21ClFNO2/c1-12(2)21-10-13-8-15(19)18(17(9-13)22-3)23-11-14-6-4-5-7-16(14)20/h4-9,12,21H,10-11H2,1-3H3. The molecule has 0 fully saturated rings. The second-order valence-corrected chi connectivity index (χ2v) is 5.93. The second kappa shape index (κ2) is 8.18. The lowest BCUT2D eigenvalue weighted by Gasteiger charge is -2.15. The van der Waals surface area contributed by atoms with Crippen LogP contribution in [0.2, 0.25) is 5.02 Å². The van der Waals surface area contributed by atoms with Gasteiger partial charge >= 0.3 is 0 Å². The van der Waals surface area contributed by atoms with Crippen LogP contribution in [0, 0.1) is 5.82 Å². The van der Waals surface area contributed by atoms with E-state index >= 15 is 0 Å². The fourth-order valence-electron chi connectivity index (χ4n) is 2.10. The zero-order chi connectivity index (χ0) is 16.8. The molecule has 124 valence electrons. The minimum Gasteiger partial charge on any atom is -0.493 e. The lowest BCUT2D eigenvalue weighted by Crippen LogP contribution is -2.21. The largest absolute Gasteiger partial charge is 0.493 e. The van der Waals surface area contributed by atoms with E-state index in [-0.39, 0.29) is 12.4 Å². The summed E-state index contributed by atoms with van der Waals surface area (Å²) in [5.41, 5.74) is 1.47. The van der Waals surface area contributed by atoms with Crippen LogP contribution in [0.3, 0.4) is 0 Å². The first kappa shape index (κ1) is 17.6. The lowest BCUT2D eigenvalue weighted by molar-refractivity contribution is 0.279. The van der Waals surface area contributed by atoms with Gasteiger partial charge in [-0.15, -0.1) is 0 Å². The van der Waals surface area contributed by atoms with Gasteiger partial charge in [0.15, 0.2) is 11.5 Å². The molecule has 0 saturated carbocycles. The highest BCUT2D eigenvalue weighted by molar-refractivity contribution is 6.32. The molecule has 0 unspecified atom stereocenters. The summed E-state index contributed by atoms with van der Waals surface area (Å²) in [5.74, 6) is 0.653. The molecule has 23 heavy (non-hydrogen) atoms. The summed E-state index contributed by atoms with van der Waals surface area (Å²) >= 11 is 6.31. The molecule has 0 bridgehead atoms. The molecule has 0 atom stereocenters. The number of nitrogens with one attached hydrogen (secondary N) is 1. The second-order valence-electron chi connectivity index (χ2n) is 5.52. The van der Waals surface area contributed by atoms with E-state index < -0.39 is 0 Å². The highest BCUT2D eigenvalue weighted by Crippen LogP contribution is 2.37. The van der Waals surface area contributed by atoms with E-state index in [1.54, 1.807) is 25.3 Å². The summed E-state index contributed by atoms with van der Waals surface area (Å²) in [6.07, 6.45) is 0. The Kier molecular flexibility index (Phi) is 6.25. The SMILES string of the molecule is COc1cc(CNC(C)C)cc(Cl)c1OCc1ccccc1F. The highest BCUT2D eigenvalue weighted by Gasteiger charge is 2.13. The molecule has 1 N–H and O–H groups in total. The van der Waals surface area contributed by atoms with E-state index in [1.165, 1.54) is 6.07 Å². The van der Waals surface area contributed by atoms with Crippen molar-refractivity contribution in [1.82, 2.24) is 5.32 Å². The van der Waals surface area contributed by atoms with Gasteiger partial charge in [0.1, 0.15) is 12.4 Å². The predicted octanol–water partition coefficient (Wildman–Crippen LogP) is 4.56. The molecule has 0 saturated heterocycles. The Hall–Kier alpha value is -1.78. The molecule has 0 aliphatic rings. The van der Waals surface area contributed by atoms with Crippen LogP contribution in [0.5, 0.6) is 11.5 Å². The van der Waals surface area contributed by atoms with Gasteiger partial charge in [-0.1, -0.05) is 43.6 Å². The third kappa shape index (κ3) is 4.85. The van der Waals surface area contributed by atoms with Crippen LogP contribution < -0.4 is 14.8 Å². The van der Waals surface area contributed by atoms with E-state index in [0.29, 0.717) is 34.7 Å². The van der Waals surface area contributed by atoms with Crippen molar-refractivity contribution in [3.63, 3.8) is 0 Å². The number of benzene rings is 2. The van der Waals surface area contributed by atoms with E-state index in [9.17, 15) is 4.39 Å². The first-order chi connectivity index (χ1) is 11.0. The minimum atomic E-state index is -0.305. The van der Waals surface area contributed by atoms with Crippen molar-refractivity contribution in [3.05, 3.63) is 58.4 Å². The molecule has 0 aromatic heterocycles. The summed E-state index contributed by atoms with van der Waals surface area (Å²) in [5, 5.41) is 3.77. The molecule has 0 aliphatic carbocycles. The molecule has 0 spiro atoms. The normalized spacial score (nSPS) is 10.9. The van der Waals surface area contributed by atoms with Gasteiger partial charge in [0.05, 0.1) is 12.1 Å². The van der Waals surface area contributed by atoms with Crippen molar-refractivity contribution in [3.8, 4) is 11.5 Å². The number of halogens is 2. The van der Waals surface area contributed by atoms with Crippen LogP contribution in [-0.2, 0) is 13.2 Å². The summed E-state index contributed by atoms with van der Waals surface area (Å²) < 4.78 is 24.7. The topological polar surface area (TPSA) is 30.5 Å². The van der Waals surface area contributed by atoms with Crippen LogP contribution in [0.4, 0.5) is 4.39 Å². The maximum Gasteiger partial charge on any atom is 0.180 e. The van der Waals surface area contributed by atoms with Gasteiger partial charge in [0.2, 0.25) is 0 Å². The van der Waals surface area contributed by atoms with Crippen LogP contribution in [0.25, 0.3) is 0 Å². The summed E-state index contributed by atoms with van der Waals surface area (Å²) in [6, 6.07) is 10.6. The number of methoxy groups -OCH3 is 1. The first-order valence-corrected chi connectivity index (χ1v) is 7.85. The minimum absolute atomic E-state index is 0.0896. The van der Waals surface area contributed by atoms with Gasteiger partial charge in [-0.05, 0) is 23.8 Å². The fraction of sp³-hybridized carbons (Fsp3) is 0.333. The first-order valence-electron chi connectivity index (χ1n) is 7.47. The fourth-order valence-corrected chi connectivity index (χ4v) is 2.39. The molecular formula is C18H21ClFNO2. The molecule has 0 aliphatic heterocycles. The average molecular weight is 338 g/mol. The third-order valence-electron chi connectivity index (χ3n) is 3.33. The van der Waals surface area contributed by atoms with Gasteiger partial charge < -0.3 is 14.8 Å².